The lowest BCUT2D eigenvalue weighted by atomic mass is 10.1. The summed E-state index contributed by atoms with van der Waals surface area (Å²) >= 11 is 0. The second kappa shape index (κ2) is 8.53. The summed E-state index contributed by atoms with van der Waals surface area (Å²) in [5.74, 6) is 1.41. The Morgan fingerprint density at radius 1 is 1.24 bits per heavy atom. The largest absolute Gasteiger partial charge is 0.497 e. The van der Waals surface area contributed by atoms with E-state index in [1.54, 1.807) is 7.11 Å². The van der Waals surface area contributed by atoms with Crippen LogP contribution in [-0.4, -0.2) is 68.5 Å². The normalized spacial score (nSPS) is 17.8. The lowest BCUT2D eigenvalue weighted by Gasteiger charge is -2.36. The van der Waals surface area contributed by atoms with Crippen LogP contribution in [0.3, 0.4) is 0 Å². The third-order valence-electron chi connectivity index (χ3n) is 5.54. The lowest BCUT2D eigenvalue weighted by Crippen LogP contribution is -2.54. The number of fused-ring (bicyclic) bond motifs is 1. The SMILES string of the molecule is COc1ccc2nc(N3CCN(C(=O)NC4CCOCC4)CC3)c(C#N)cc2c1. The third-order valence-corrected chi connectivity index (χ3v) is 5.54. The van der Waals surface area contributed by atoms with Crippen molar-refractivity contribution in [2.24, 2.45) is 0 Å². The minimum absolute atomic E-state index is 0.0179. The first-order chi connectivity index (χ1) is 14.2. The van der Waals surface area contributed by atoms with Gasteiger partial charge in [0.1, 0.15) is 17.6 Å². The molecule has 2 aliphatic rings. The van der Waals surface area contributed by atoms with Crippen molar-refractivity contribution in [3.63, 3.8) is 0 Å². The van der Waals surface area contributed by atoms with E-state index in [0.29, 0.717) is 50.8 Å². The van der Waals surface area contributed by atoms with E-state index < -0.39 is 0 Å². The van der Waals surface area contributed by atoms with Gasteiger partial charge in [0.25, 0.3) is 0 Å². The number of aromatic nitrogens is 1. The number of amides is 2. The molecule has 4 rings (SSSR count). The predicted octanol–water partition coefficient (Wildman–Crippen LogP) is 2.13. The van der Waals surface area contributed by atoms with Crippen LogP contribution in [0.2, 0.25) is 0 Å². The number of urea groups is 1. The monoisotopic (exact) mass is 395 g/mol. The van der Waals surface area contributed by atoms with Gasteiger partial charge in [0.2, 0.25) is 0 Å². The van der Waals surface area contributed by atoms with E-state index in [9.17, 15) is 10.1 Å². The number of benzene rings is 1. The van der Waals surface area contributed by atoms with Crippen LogP contribution in [0.15, 0.2) is 24.3 Å². The molecule has 2 fully saturated rings. The number of rotatable bonds is 3. The van der Waals surface area contributed by atoms with Gasteiger partial charge in [0.15, 0.2) is 0 Å². The zero-order chi connectivity index (χ0) is 20.2. The molecule has 2 saturated heterocycles. The van der Waals surface area contributed by atoms with Gasteiger partial charge in [-0.15, -0.1) is 0 Å². The highest BCUT2D eigenvalue weighted by Gasteiger charge is 2.26. The zero-order valence-electron chi connectivity index (χ0n) is 16.6. The quantitative estimate of drug-likeness (QED) is 0.856. The first-order valence-corrected chi connectivity index (χ1v) is 9.95. The van der Waals surface area contributed by atoms with Gasteiger partial charge in [-0.1, -0.05) is 0 Å². The number of piperazine rings is 1. The smallest absolute Gasteiger partial charge is 0.317 e. The molecule has 8 nitrogen and oxygen atoms in total. The molecule has 1 aromatic heterocycles. The number of hydrogen-bond acceptors (Lipinski definition) is 6. The Morgan fingerprint density at radius 3 is 2.69 bits per heavy atom. The molecule has 0 spiro atoms. The van der Waals surface area contributed by atoms with E-state index in [1.807, 2.05) is 29.2 Å². The molecule has 0 bridgehead atoms. The van der Waals surface area contributed by atoms with Crippen LogP contribution in [0.5, 0.6) is 5.75 Å². The van der Waals surface area contributed by atoms with Gasteiger partial charge in [0, 0.05) is 50.8 Å². The summed E-state index contributed by atoms with van der Waals surface area (Å²) in [6.07, 6.45) is 1.73. The summed E-state index contributed by atoms with van der Waals surface area (Å²) < 4.78 is 10.6. The van der Waals surface area contributed by atoms with E-state index in [0.717, 1.165) is 29.5 Å². The molecule has 3 heterocycles. The molecule has 0 atom stereocenters. The van der Waals surface area contributed by atoms with E-state index in [2.05, 4.69) is 16.3 Å². The standard InChI is InChI=1S/C21H25N5O3/c1-28-18-2-3-19-15(13-18)12-16(14-22)20(24-19)25-6-8-26(9-7-25)21(27)23-17-4-10-29-11-5-17/h2-3,12-13,17H,4-11H2,1H3,(H,23,27). The Labute approximate surface area is 170 Å². The highest BCUT2D eigenvalue weighted by atomic mass is 16.5. The topological polar surface area (TPSA) is 90.7 Å². The molecule has 1 N–H and O–H groups in total. The van der Waals surface area contributed by atoms with Crippen molar-refractivity contribution < 1.29 is 14.3 Å². The number of hydrogen-bond donors (Lipinski definition) is 1. The van der Waals surface area contributed by atoms with Crippen molar-refractivity contribution in [2.75, 3.05) is 51.4 Å². The van der Waals surface area contributed by atoms with Crippen molar-refractivity contribution in [3.05, 3.63) is 29.8 Å². The molecule has 29 heavy (non-hydrogen) atoms. The Bertz CT molecular complexity index is 928. The van der Waals surface area contributed by atoms with Gasteiger partial charge >= 0.3 is 6.03 Å². The van der Waals surface area contributed by atoms with Crippen molar-refractivity contribution in [3.8, 4) is 11.8 Å². The summed E-state index contributed by atoms with van der Waals surface area (Å²) in [7, 11) is 1.62. The number of pyridine rings is 1. The fourth-order valence-electron chi connectivity index (χ4n) is 3.82. The number of nitrogens with zero attached hydrogens (tertiary/aromatic N) is 4. The van der Waals surface area contributed by atoms with Crippen molar-refractivity contribution in [1.82, 2.24) is 15.2 Å². The summed E-state index contributed by atoms with van der Waals surface area (Å²) in [4.78, 5) is 21.2. The highest BCUT2D eigenvalue weighted by Crippen LogP contribution is 2.26. The fraction of sp³-hybridized carbons (Fsp3) is 0.476. The van der Waals surface area contributed by atoms with Gasteiger partial charge in [-0.05, 0) is 37.1 Å². The van der Waals surface area contributed by atoms with Crippen LogP contribution in [-0.2, 0) is 4.74 Å². The minimum atomic E-state index is -0.0179. The van der Waals surface area contributed by atoms with Crippen LogP contribution in [0.25, 0.3) is 10.9 Å². The predicted molar refractivity (Wildman–Crippen MR) is 109 cm³/mol. The number of ether oxygens (including phenoxy) is 2. The molecular weight excluding hydrogens is 370 g/mol. The van der Waals surface area contributed by atoms with E-state index in [4.69, 9.17) is 14.5 Å². The van der Waals surface area contributed by atoms with Crippen LogP contribution >= 0.6 is 0 Å². The third kappa shape index (κ3) is 4.20. The van der Waals surface area contributed by atoms with Gasteiger partial charge in [-0.25, -0.2) is 9.78 Å². The Hall–Kier alpha value is -3.05. The number of methoxy groups -OCH3 is 1. The first-order valence-electron chi connectivity index (χ1n) is 9.95. The maximum absolute atomic E-state index is 12.5. The van der Waals surface area contributed by atoms with Crippen molar-refractivity contribution in [2.45, 2.75) is 18.9 Å². The lowest BCUT2D eigenvalue weighted by molar-refractivity contribution is 0.0779. The van der Waals surface area contributed by atoms with Gasteiger partial charge < -0.3 is 24.6 Å². The van der Waals surface area contributed by atoms with E-state index >= 15 is 0 Å². The van der Waals surface area contributed by atoms with E-state index in [1.165, 1.54) is 0 Å². The number of nitrogens with one attached hydrogen (secondary N) is 1. The molecule has 0 unspecified atom stereocenters. The zero-order valence-corrected chi connectivity index (χ0v) is 16.6. The first kappa shape index (κ1) is 19.3. The van der Waals surface area contributed by atoms with Gasteiger partial charge in [0.05, 0.1) is 18.2 Å². The molecule has 2 aliphatic heterocycles. The molecule has 2 amide bonds. The van der Waals surface area contributed by atoms with Crippen molar-refractivity contribution >= 4 is 22.8 Å². The molecule has 1 aromatic carbocycles. The second-order valence-corrected chi connectivity index (χ2v) is 7.34. The van der Waals surface area contributed by atoms with Crippen LogP contribution in [0.4, 0.5) is 10.6 Å². The Balaban J connectivity index is 1.44. The fourth-order valence-corrected chi connectivity index (χ4v) is 3.82. The Morgan fingerprint density at radius 2 is 2.00 bits per heavy atom. The molecule has 0 aliphatic carbocycles. The number of nitriles is 1. The van der Waals surface area contributed by atoms with Crippen LogP contribution in [0.1, 0.15) is 18.4 Å². The average molecular weight is 395 g/mol. The number of carbonyl (C=O) groups excluding carboxylic acids is 1. The highest BCUT2D eigenvalue weighted by molar-refractivity contribution is 5.84. The number of anilines is 1. The summed E-state index contributed by atoms with van der Waals surface area (Å²) in [6, 6.07) is 9.93. The summed E-state index contributed by atoms with van der Waals surface area (Å²) in [5, 5.41) is 13.6. The molecular formula is C21H25N5O3. The van der Waals surface area contributed by atoms with Crippen LogP contribution < -0.4 is 15.0 Å². The second-order valence-electron chi connectivity index (χ2n) is 7.34. The molecule has 8 heteroatoms. The maximum atomic E-state index is 12.5. The molecule has 2 aromatic rings. The number of carbonyl (C=O) groups is 1. The average Bonchev–Trinajstić information content (AvgIpc) is 2.78. The van der Waals surface area contributed by atoms with E-state index in [-0.39, 0.29) is 12.1 Å². The molecule has 0 saturated carbocycles. The molecule has 152 valence electrons. The van der Waals surface area contributed by atoms with Gasteiger partial charge in [-0.2, -0.15) is 5.26 Å². The Kier molecular flexibility index (Phi) is 5.67. The summed E-state index contributed by atoms with van der Waals surface area (Å²) in [5.41, 5.74) is 1.35. The summed E-state index contributed by atoms with van der Waals surface area (Å²) in [6.45, 7) is 3.89. The van der Waals surface area contributed by atoms with Gasteiger partial charge in [-0.3, -0.25) is 0 Å². The minimum Gasteiger partial charge on any atom is -0.497 e. The van der Waals surface area contributed by atoms with Crippen LogP contribution in [0, 0.1) is 11.3 Å². The van der Waals surface area contributed by atoms with Crippen molar-refractivity contribution in [1.29, 1.82) is 5.26 Å². The molecule has 0 radical (unpaired) electrons. The maximum Gasteiger partial charge on any atom is 0.317 e.